The van der Waals surface area contributed by atoms with E-state index in [1.54, 1.807) is 17.9 Å². The molecule has 1 fully saturated rings. The molecule has 0 saturated carbocycles. The van der Waals surface area contributed by atoms with Gasteiger partial charge in [-0.2, -0.15) is 0 Å². The summed E-state index contributed by atoms with van der Waals surface area (Å²) in [4.78, 5) is 42.0. The van der Waals surface area contributed by atoms with Crippen molar-refractivity contribution >= 4 is 17.8 Å². The van der Waals surface area contributed by atoms with Gasteiger partial charge in [0.25, 0.3) is 0 Å². The molecule has 31 heavy (non-hydrogen) atoms. The zero-order valence-electron chi connectivity index (χ0n) is 20.6. The molecular weight excluding hydrogens is 394 g/mol. The zero-order valence-corrected chi connectivity index (χ0v) is 20.6. The Morgan fingerprint density at radius 2 is 1.71 bits per heavy atom. The van der Waals surface area contributed by atoms with Gasteiger partial charge in [0.05, 0.1) is 12.1 Å². The predicted octanol–water partition coefficient (Wildman–Crippen LogP) is 3.29. The number of likely N-dealkylation sites (tertiary alicyclic amines) is 1. The van der Waals surface area contributed by atoms with Crippen molar-refractivity contribution in [1.29, 1.82) is 0 Å². The standard InChI is InChI=1S/C24H43N3O4/c1-9-26(20(15(2)3)14-18(8)24(30)31)23(29)21(16(4)5)25-22(28)19-12-10-11-13-27(19)17(6)7/h14-17,19-21H,9-13H2,1-8H3,(H,25,28)(H,30,31)/b18-14+. The molecule has 1 rings (SSSR count). The number of likely N-dealkylation sites (N-methyl/N-ethyl adjacent to an activating group) is 1. The average molecular weight is 438 g/mol. The second kappa shape index (κ2) is 12.2. The number of rotatable bonds is 10. The van der Waals surface area contributed by atoms with Gasteiger partial charge in [-0.1, -0.05) is 40.2 Å². The first-order chi connectivity index (χ1) is 14.4. The van der Waals surface area contributed by atoms with Gasteiger partial charge in [0, 0.05) is 18.2 Å². The SMILES string of the molecule is CCN(C(=O)C(NC(=O)C1CCCCN1C(C)C)C(C)C)C(/C=C(\C)C(=O)O)C(C)C. The third-order valence-corrected chi connectivity index (χ3v) is 6.17. The molecule has 1 heterocycles. The van der Waals surface area contributed by atoms with Crippen LogP contribution >= 0.6 is 0 Å². The molecule has 1 aliphatic rings. The molecule has 2 N–H and O–H groups in total. The van der Waals surface area contributed by atoms with Gasteiger partial charge in [-0.15, -0.1) is 0 Å². The summed E-state index contributed by atoms with van der Waals surface area (Å²) in [5.74, 6) is -1.29. The molecule has 1 aliphatic heterocycles. The molecule has 0 aliphatic carbocycles. The van der Waals surface area contributed by atoms with E-state index in [1.807, 2.05) is 34.6 Å². The van der Waals surface area contributed by atoms with E-state index < -0.39 is 12.0 Å². The van der Waals surface area contributed by atoms with Gasteiger partial charge < -0.3 is 15.3 Å². The highest BCUT2D eigenvalue weighted by Gasteiger charge is 2.36. The highest BCUT2D eigenvalue weighted by atomic mass is 16.4. The third kappa shape index (κ3) is 7.34. The van der Waals surface area contributed by atoms with E-state index in [1.165, 1.54) is 0 Å². The van der Waals surface area contributed by atoms with Gasteiger partial charge in [-0.3, -0.25) is 14.5 Å². The fourth-order valence-corrected chi connectivity index (χ4v) is 4.28. The lowest BCUT2D eigenvalue weighted by atomic mass is 9.95. The Labute approximate surface area is 188 Å². The highest BCUT2D eigenvalue weighted by molar-refractivity contribution is 5.90. The number of nitrogens with one attached hydrogen (secondary N) is 1. The third-order valence-electron chi connectivity index (χ3n) is 6.17. The van der Waals surface area contributed by atoms with E-state index in [9.17, 15) is 19.5 Å². The fraction of sp³-hybridized carbons (Fsp3) is 0.792. The van der Waals surface area contributed by atoms with Gasteiger partial charge in [-0.25, -0.2) is 4.79 Å². The van der Waals surface area contributed by atoms with Crippen LogP contribution in [0.1, 0.15) is 74.7 Å². The molecule has 178 valence electrons. The normalized spacial score (nSPS) is 20.1. The maximum Gasteiger partial charge on any atom is 0.331 e. The van der Waals surface area contributed by atoms with E-state index in [-0.39, 0.29) is 47.3 Å². The molecule has 3 atom stereocenters. The van der Waals surface area contributed by atoms with Crippen LogP contribution in [0, 0.1) is 11.8 Å². The van der Waals surface area contributed by atoms with Crippen LogP contribution in [-0.2, 0) is 14.4 Å². The molecule has 0 aromatic heterocycles. The van der Waals surface area contributed by atoms with Crippen LogP contribution in [-0.4, -0.2) is 69.9 Å². The summed E-state index contributed by atoms with van der Waals surface area (Å²) in [6.45, 7) is 16.8. The van der Waals surface area contributed by atoms with Crippen LogP contribution in [0.4, 0.5) is 0 Å². The number of hydrogen-bond acceptors (Lipinski definition) is 4. The second-order valence-corrected chi connectivity index (χ2v) is 9.59. The van der Waals surface area contributed by atoms with Crippen molar-refractivity contribution in [3.05, 3.63) is 11.6 Å². The van der Waals surface area contributed by atoms with Crippen molar-refractivity contribution < 1.29 is 19.5 Å². The van der Waals surface area contributed by atoms with Crippen LogP contribution in [0.3, 0.4) is 0 Å². The number of carboxylic acids is 1. The summed E-state index contributed by atoms with van der Waals surface area (Å²) in [5, 5.41) is 12.3. The molecule has 7 nitrogen and oxygen atoms in total. The van der Waals surface area contributed by atoms with Crippen LogP contribution in [0.25, 0.3) is 0 Å². The van der Waals surface area contributed by atoms with Gasteiger partial charge in [0.1, 0.15) is 6.04 Å². The lowest BCUT2D eigenvalue weighted by Gasteiger charge is -2.39. The Bertz CT molecular complexity index is 657. The molecule has 2 amide bonds. The van der Waals surface area contributed by atoms with E-state index in [0.717, 1.165) is 25.8 Å². The number of piperidine rings is 1. The summed E-state index contributed by atoms with van der Waals surface area (Å²) < 4.78 is 0. The minimum atomic E-state index is -0.992. The molecule has 0 bridgehead atoms. The minimum absolute atomic E-state index is 0.0384. The van der Waals surface area contributed by atoms with Gasteiger partial charge >= 0.3 is 5.97 Å². The first kappa shape index (κ1) is 27.1. The van der Waals surface area contributed by atoms with Crippen LogP contribution < -0.4 is 5.32 Å². The van der Waals surface area contributed by atoms with E-state index in [2.05, 4.69) is 24.1 Å². The summed E-state index contributed by atoms with van der Waals surface area (Å²) in [6, 6.07) is -0.949. The van der Waals surface area contributed by atoms with Gasteiger partial charge in [-0.05, 0) is 58.9 Å². The molecule has 3 unspecified atom stereocenters. The van der Waals surface area contributed by atoms with Crippen LogP contribution in [0.5, 0.6) is 0 Å². The molecule has 0 aromatic carbocycles. The van der Waals surface area contributed by atoms with Gasteiger partial charge in [0.15, 0.2) is 0 Å². The monoisotopic (exact) mass is 437 g/mol. The number of carbonyl (C=O) groups excluding carboxylic acids is 2. The first-order valence-electron chi connectivity index (χ1n) is 11.7. The Balaban J connectivity index is 3.13. The Morgan fingerprint density at radius 3 is 2.16 bits per heavy atom. The molecule has 7 heteroatoms. The van der Waals surface area contributed by atoms with E-state index >= 15 is 0 Å². The summed E-state index contributed by atoms with van der Waals surface area (Å²) >= 11 is 0. The van der Waals surface area contributed by atoms with Gasteiger partial charge in [0.2, 0.25) is 11.8 Å². The molecule has 0 radical (unpaired) electrons. The van der Waals surface area contributed by atoms with Crippen molar-refractivity contribution in [2.45, 2.75) is 98.8 Å². The van der Waals surface area contributed by atoms with E-state index in [0.29, 0.717) is 6.54 Å². The fourth-order valence-electron chi connectivity index (χ4n) is 4.28. The number of carbonyl (C=O) groups is 3. The van der Waals surface area contributed by atoms with Crippen molar-refractivity contribution in [3.63, 3.8) is 0 Å². The Kier molecular flexibility index (Phi) is 10.7. The number of nitrogens with zero attached hydrogens (tertiary/aromatic N) is 2. The summed E-state index contributed by atoms with van der Waals surface area (Å²) in [5.41, 5.74) is 0.213. The maximum atomic E-state index is 13.6. The lowest BCUT2D eigenvalue weighted by molar-refractivity contribution is -0.141. The number of aliphatic carboxylic acids is 1. The Morgan fingerprint density at radius 1 is 1.10 bits per heavy atom. The topological polar surface area (TPSA) is 90.0 Å². The summed E-state index contributed by atoms with van der Waals surface area (Å²) in [7, 11) is 0. The predicted molar refractivity (Wildman–Crippen MR) is 124 cm³/mol. The number of amides is 2. The molecular formula is C24H43N3O4. The molecule has 0 spiro atoms. The van der Waals surface area contributed by atoms with Crippen LogP contribution in [0.2, 0.25) is 0 Å². The van der Waals surface area contributed by atoms with Crippen molar-refractivity contribution in [1.82, 2.24) is 15.1 Å². The van der Waals surface area contributed by atoms with Crippen molar-refractivity contribution in [3.8, 4) is 0 Å². The van der Waals surface area contributed by atoms with E-state index in [4.69, 9.17) is 0 Å². The quantitative estimate of drug-likeness (QED) is 0.512. The molecule has 0 aromatic rings. The minimum Gasteiger partial charge on any atom is -0.478 e. The summed E-state index contributed by atoms with van der Waals surface area (Å²) in [6.07, 6.45) is 4.55. The highest BCUT2D eigenvalue weighted by Crippen LogP contribution is 2.22. The van der Waals surface area contributed by atoms with Crippen molar-refractivity contribution in [2.75, 3.05) is 13.1 Å². The Hall–Kier alpha value is -1.89. The van der Waals surface area contributed by atoms with Crippen molar-refractivity contribution in [2.24, 2.45) is 11.8 Å². The lowest BCUT2D eigenvalue weighted by Crippen LogP contribution is -2.59. The zero-order chi connectivity index (χ0) is 23.9. The second-order valence-electron chi connectivity index (χ2n) is 9.59. The number of carboxylic acid groups (broad SMARTS) is 1. The average Bonchev–Trinajstić information content (AvgIpc) is 2.70. The largest absolute Gasteiger partial charge is 0.478 e. The maximum absolute atomic E-state index is 13.6. The first-order valence-corrected chi connectivity index (χ1v) is 11.7. The number of hydrogen-bond donors (Lipinski definition) is 2. The van der Waals surface area contributed by atoms with Crippen LogP contribution in [0.15, 0.2) is 11.6 Å². The smallest absolute Gasteiger partial charge is 0.331 e. The molecule has 1 saturated heterocycles.